The lowest BCUT2D eigenvalue weighted by molar-refractivity contribution is 0.0144. The highest BCUT2D eigenvalue weighted by Gasteiger charge is 2.36. The van der Waals surface area contributed by atoms with Crippen LogP contribution in [0.5, 0.6) is 6.01 Å². The van der Waals surface area contributed by atoms with E-state index in [4.69, 9.17) is 19.4 Å². The zero-order valence-corrected chi connectivity index (χ0v) is 22.6. The molecule has 0 radical (unpaired) electrons. The summed E-state index contributed by atoms with van der Waals surface area (Å²) in [5, 5.41) is 12.0. The summed E-state index contributed by atoms with van der Waals surface area (Å²) < 4.78 is 11.1. The number of carbonyl (C=O) groups is 1. The Labute approximate surface area is 224 Å². The number of methoxy groups -OCH3 is 1. The molecule has 8 nitrogen and oxygen atoms in total. The van der Waals surface area contributed by atoms with Crippen molar-refractivity contribution in [2.45, 2.75) is 64.0 Å². The van der Waals surface area contributed by atoms with Crippen LogP contribution in [0.25, 0.3) is 10.8 Å². The molecule has 0 N–H and O–H groups in total. The van der Waals surface area contributed by atoms with Crippen molar-refractivity contribution in [3.8, 4) is 12.1 Å². The molecule has 2 aliphatic rings. The predicted molar refractivity (Wildman–Crippen MR) is 146 cm³/mol. The average molecular weight is 514 g/mol. The summed E-state index contributed by atoms with van der Waals surface area (Å²) in [4.78, 5) is 26.3. The lowest BCUT2D eigenvalue weighted by Crippen LogP contribution is -2.56. The molecule has 0 bridgehead atoms. The number of benzene rings is 2. The number of hydrogen-bond donors (Lipinski definition) is 0. The second-order valence-electron chi connectivity index (χ2n) is 11.1. The van der Waals surface area contributed by atoms with Gasteiger partial charge in [0.15, 0.2) is 0 Å². The number of hydrogen-bond acceptors (Lipinski definition) is 7. The minimum absolute atomic E-state index is 0.226. The first-order valence-corrected chi connectivity index (χ1v) is 13.3. The Morgan fingerprint density at radius 2 is 1.92 bits per heavy atom. The first-order valence-electron chi connectivity index (χ1n) is 13.3. The number of piperazine rings is 1. The molecule has 1 fully saturated rings. The highest BCUT2D eigenvalue weighted by atomic mass is 16.6. The molecule has 1 amide bonds. The van der Waals surface area contributed by atoms with Crippen LogP contribution in [0.1, 0.15) is 56.4 Å². The van der Waals surface area contributed by atoms with Crippen molar-refractivity contribution >= 4 is 22.7 Å². The van der Waals surface area contributed by atoms with E-state index in [1.165, 1.54) is 16.3 Å². The third kappa shape index (κ3) is 5.24. The fourth-order valence-corrected chi connectivity index (χ4v) is 5.69. The van der Waals surface area contributed by atoms with Crippen molar-refractivity contribution < 1.29 is 14.3 Å². The molecule has 5 rings (SSSR count). The van der Waals surface area contributed by atoms with E-state index in [-0.39, 0.29) is 18.6 Å². The molecule has 1 aliphatic heterocycles. The molecule has 1 aromatic heterocycles. The summed E-state index contributed by atoms with van der Waals surface area (Å²) in [7, 11) is 1.59. The summed E-state index contributed by atoms with van der Waals surface area (Å²) in [6, 6.07) is 17.4. The van der Waals surface area contributed by atoms with Gasteiger partial charge >= 0.3 is 12.1 Å². The van der Waals surface area contributed by atoms with Gasteiger partial charge in [-0.1, -0.05) is 42.5 Å². The van der Waals surface area contributed by atoms with Gasteiger partial charge in [0.25, 0.3) is 0 Å². The zero-order valence-electron chi connectivity index (χ0n) is 22.6. The molecule has 1 saturated heterocycles. The Morgan fingerprint density at radius 1 is 1.13 bits per heavy atom. The zero-order chi connectivity index (χ0) is 26.9. The number of nitriles is 1. The molecule has 2 aromatic carbocycles. The largest absolute Gasteiger partial charge is 0.467 e. The monoisotopic (exact) mass is 513 g/mol. The van der Waals surface area contributed by atoms with Crippen LogP contribution in [0.3, 0.4) is 0 Å². The molecular formula is C30H35N5O3. The molecule has 198 valence electrons. The molecule has 0 spiro atoms. The van der Waals surface area contributed by atoms with Gasteiger partial charge in [0.2, 0.25) is 0 Å². The molecular weight excluding hydrogens is 478 g/mol. The van der Waals surface area contributed by atoms with Crippen LogP contribution in [-0.2, 0) is 17.6 Å². The van der Waals surface area contributed by atoms with Gasteiger partial charge in [0.05, 0.1) is 31.3 Å². The van der Waals surface area contributed by atoms with Gasteiger partial charge in [-0.05, 0) is 62.3 Å². The van der Waals surface area contributed by atoms with Crippen LogP contribution in [0, 0.1) is 11.3 Å². The third-order valence-electron chi connectivity index (χ3n) is 7.42. The van der Waals surface area contributed by atoms with Crippen LogP contribution in [0.15, 0.2) is 42.5 Å². The molecule has 38 heavy (non-hydrogen) atoms. The van der Waals surface area contributed by atoms with E-state index in [9.17, 15) is 10.1 Å². The second-order valence-corrected chi connectivity index (χ2v) is 11.1. The fourth-order valence-electron chi connectivity index (χ4n) is 5.69. The maximum Gasteiger partial charge on any atom is 0.410 e. The Balaban J connectivity index is 1.43. The van der Waals surface area contributed by atoms with Crippen molar-refractivity contribution in [1.82, 2.24) is 14.9 Å². The van der Waals surface area contributed by atoms with E-state index < -0.39 is 5.60 Å². The lowest BCUT2D eigenvalue weighted by atomic mass is 9.80. The topological polar surface area (TPSA) is 91.6 Å². The first-order chi connectivity index (χ1) is 18.3. The van der Waals surface area contributed by atoms with E-state index in [2.05, 4.69) is 53.4 Å². The molecule has 8 heteroatoms. The number of rotatable bonds is 4. The van der Waals surface area contributed by atoms with Gasteiger partial charge in [-0.15, -0.1) is 0 Å². The van der Waals surface area contributed by atoms with Crippen molar-refractivity contribution in [2.75, 3.05) is 31.6 Å². The summed E-state index contributed by atoms with van der Waals surface area (Å²) in [6.07, 6.45) is 2.52. The van der Waals surface area contributed by atoms with Gasteiger partial charge in [0.1, 0.15) is 11.4 Å². The summed E-state index contributed by atoms with van der Waals surface area (Å²) in [5.74, 6) is 1.21. The quantitative estimate of drug-likeness (QED) is 0.470. The minimum atomic E-state index is -0.592. The minimum Gasteiger partial charge on any atom is -0.467 e. The van der Waals surface area contributed by atoms with Gasteiger partial charge in [-0.3, -0.25) is 0 Å². The van der Waals surface area contributed by atoms with Gasteiger partial charge in [-0.2, -0.15) is 15.2 Å². The van der Waals surface area contributed by atoms with Crippen LogP contribution >= 0.6 is 0 Å². The highest BCUT2D eigenvalue weighted by Crippen LogP contribution is 2.39. The van der Waals surface area contributed by atoms with E-state index in [0.717, 1.165) is 36.3 Å². The highest BCUT2D eigenvalue weighted by molar-refractivity contribution is 5.86. The summed E-state index contributed by atoms with van der Waals surface area (Å²) >= 11 is 0. The third-order valence-corrected chi connectivity index (χ3v) is 7.42. The number of amides is 1. The molecule has 2 atom stereocenters. The lowest BCUT2D eigenvalue weighted by Gasteiger charge is -2.42. The van der Waals surface area contributed by atoms with E-state index >= 15 is 0 Å². The maximum atomic E-state index is 12.9. The second kappa shape index (κ2) is 10.5. The van der Waals surface area contributed by atoms with Crippen LogP contribution in [0.4, 0.5) is 10.6 Å². The van der Waals surface area contributed by atoms with Crippen LogP contribution in [-0.4, -0.2) is 59.3 Å². The number of anilines is 1. The first kappa shape index (κ1) is 25.8. The smallest absolute Gasteiger partial charge is 0.410 e. The average Bonchev–Trinajstić information content (AvgIpc) is 2.91. The number of nitrogens with zero attached hydrogens (tertiary/aromatic N) is 5. The fraction of sp³-hybridized carbons (Fsp3) is 0.467. The number of carbonyl (C=O) groups excluding carboxylic acids is 1. The normalized spacial score (nSPS) is 19.6. The molecule has 3 aromatic rings. The SMILES string of the molecule is COc1nc2c(c(N3CCN(C(=O)OC(C)(C)C)C(CC#N)C3)n1)CCC(c1cccc3ccccc13)C2. The van der Waals surface area contributed by atoms with Crippen LogP contribution in [0.2, 0.25) is 0 Å². The van der Waals surface area contributed by atoms with Gasteiger partial charge < -0.3 is 19.3 Å². The van der Waals surface area contributed by atoms with E-state index in [0.29, 0.717) is 31.6 Å². The van der Waals surface area contributed by atoms with E-state index in [1.54, 1.807) is 12.0 Å². The summed E-state index contributed by atoms with van der Waals surface area (Å²) in [5.41, 5.74) is 2.92. The molecule has 2 unspecified atom stereocenters. The molecule has 1 aliphatic carbocycles. The Bertz CT molecular complexity index is 1370. The summed E-state index contributed by atoms with van der Waals surface area (Å²) in [6.45, 7) is 7.12. The molecule has 0 saturated carbocycles. The van der Waals surface area contributed by atoms with Crippen molar-refractivity contribution in [2.24, 2.45) is 0 Å². The van der Waals surface area contributed by atoms with Crippen molar-refractivity contribution in [1.29, 1.82) is 5.26 Å². The Morgan fingerprint density at radius 3 is 2.68 bits per heavy atom. The standard InChI is InChI=1S/C30H35N5O3/c1-30(2,3)38-29(36)35-17-16-34(19-22(35)14-15-31)27-25-13-12-21(18-26(25)32-28(33-27)37-4)24-11-7-9-20-8-5-6-10-23(20)24/h5-11,21-22H,12-14,16-19H2,1-4H3. The van der Waals surface area contributed by atoms with Gasteiger partial charge in [-0.25, -0.2) is 4.79 Å². The van der Waals surface area contributed by atoms with Gasteiger partial charge in [0, 0.05) is 25.2 Å². The van der Waals surface area contributed by atoms with E-state index in [1.807, 2.05) is 20.8 Å². The number of aromatic nitrogens is 2. The maximum absolute atomic E-state index is 12.9. The van der Waals surface area contributed by atoms with Crippen molar-refractivity contribution in [3.63, 3.8) is 0 Å². The molecule has 2 heterocycles. The number of fused-ring (bicyclic) bond motifs is 2. The Hall–Kier alpha value is -3.86. The number of ether oxygens (including phenoxy) is 2. The van der Waals surface area contributed by atoms with Crippen LogP contribution < -0.4 is 9.64 Å². The Kier molecular flexibility index (Phi) is 7.11. The van der Waals surface area contributed by atoms with Crippen molar-refractivity contribution in [3.05, 3.63) is 59.3 Å². The predicted octanol–water partition coefficient (Wildman–Crippen LogP) is 5.25.